The van der Waals surface area contributed by atoms with Gasteiger partial charge >= 0.3 is 16.5 Å². The first-order valence-electron chi connectivity index (χ1n) is 5.65. The van der Waals surface area contributed by atoms with Crippen LogP contribution in [0.1, 0.15) is 55.4 Å². The van der Waals surface area contributed by atoms with Crippen LogP contribution in [0.2, 0.25) is 0 Å². The summed E-state index contributed by atoms with van der Waals surface area (Å²) in [4.78, 5) is 0. The average Bonchev–Trinajstić information content (AvgIpc) is 1.77. The first-order valence-corrected chi connectivity index (χ1v) is 5.65. The molecule has 0 aliphatic rings. The van der Waals surface area contributed by atoms with Gasteiger partial charge in [0.1, 0.15) is 0 Å². The van der Waals surface area contributed by atoms with Gasteiger partial charge < -0.3 is 62.6 Å². The molecule has 0 spiro atoms. The number of hydrogen-bond donors (Lipinski definition) is 4. The zero-order valence-corrected chi connectivity index (χ0v) is 19.2. The van der Waals surface area contributed by atoms with Gasteiger partial charge in [-0.25, -0.2) is 0 Å². The minimum Gasteiger partial charge on any atom is -1.00 e. The molecule has 0 fully saturated rings. The first-order chi connectivity index (χ1) is 6.50. The molecule has 4 nitrogen and oxygen atoms in total. The molecule has 0 saturated carbocycles. The Morgan fingerprint density at radius 3 is 0.500 bits per heavy atom. The quantitative estimate of drug-likeness (QED) is 0.253. The van der Waals surface area contributed by atoms with E-state index in [9.17, 15) is 0 Å². The maximum absolute atomic E-state index is 5.69. The van der Waals surface area contributed by atoms with Crippen LogP contribution < -0.4 is 47.7 Å². The SMILES string of the molecule is CC(C)(N)C(C)(C)N.CC(C)(N)C(C)(C)N.[CH3-].[CH3-].[Cl-].[Cl-].[Ni+2].[Ni]. The van der Waals surface area contributed by atoms with E-state index in [1.165, 1.54) is 0 Å². The van der Waals surface area contributed by atoms with E-state index in [4.69, 9.17) is 22.9 Å². The zero-order valence-electron chi connectivity index (χ0n) is 15.7. The van der Waals surface area contributed by atoms with E-state index < -0.39 is 0 Å². The van der Waals surface area contributed by atoms with Crippen LogP contribution in [0.5, 0.6) is 0 Å². The minimum atomic E-state index is -0.285. The number of halogens is 2. The fourth-order valence-corrected chi connectivity index (χ4v) is 0. The fourth-order valence-electron chi connectivity index (χ4n) is 0. The molecule has 0 heterocycles. The van der Waals surface area contributed by atoms with Gasteiger partial charge in [0.2, 0.25) is 0 Å². The van der Waals surface area contributed by atoms with Crippen molar-refractivity contribution >= 4 is 0 Å². The molecule has 22 heavy (non-hydrogen) atoms. The van der Waals surface area contributed by atoms with Gasteiger partial charge in [0.25, 0.3) is 0 Å². The van der Waals surface area contributed by atoms with Crippen molar-refractivity contribution in [3.05, 3.63) is 14.9 Å². The number of nitrogens with two attached hydrogens (primary N) is 4. The summed E-state index contributed by atoms with van der Waals surface area (Å²) in [6.07, 6.45) is 0. The summed E-state index contributed by atoms with van der Waals surface area (Å²) in [6, 6.07) is 0. The van der Waals surface area contributed by atoms with Gasteiger partial charge in [-0.15, -0.1) is 0 Å². The van der Waals surface area contributed by atoms with Crippen molar-refractivity contribution in [2.45, 2.75) is 77.5 Å². The molecular weight excluding hydrogens is 412 g/mol. The van der Waals surface area contributed by atoms with E-state index in [2.05, 4.69) is 0 Å². The van der Waals surface area contributed by atoms with Gasteiger partial charge in [-0.2, -0.15) is 0 Å². The summed E-state index contributed by atoms with van der Waals surface area (Å²) < 4.78 is 0. The molecule has 0 aromatic rings. The summed E-state index contributed by atoms with van der Waals surface area (Å²) in [5.74, 6) is 0. The predicted octanol–water partition coefficient (Wildman–Crippen LogP) is -4.17. The summed E-state index contributed by atoms with van der Waals surface area (Å²) in [5.41, 5.74) is 21.6. The molecule has 8 heteroatoms. The maximum Gasteiger partial charge on any atom is 2.00 e. The normalized spacial score (nSPS) is 10.4. The number of hydrogen-bond acceptors (Lipinski definition) is 4. The molecule has 0 amide bonds. The average molecular weight is 451 g/mol. The van der Waals surface area contributed by atoms with Gasteiger partial charge in [-0.05, 0) is 55.4 Å². The molecule has 0 aromatic heterocycles. The Bertz CT molecular complexity index is 167. The third-order valence-corrected chi connectivity index (χ3v) is 3.32. The molecule has 8 N–H and O–H groups in total. The Hall–Kier alpha value is 1.41. The molecule has 0 aromatic carbocycles. The second kappa shape index (κ2) is 15.9. The van der Waals surface area contributed by atoms with Gasteiger partial charge in [-0.1, -0.05) is 0 Å². The molecule has 0 unspecified atom stereocenters. The van der Waals surface area contributed by atoms with E-state index in [1.807, 2.05) is 55.4 Å². The summed E-state index contributed by atoms with van der Waals surface area (Å²) in [6.45, 7) is 15.4. The topological polar surface area (TPSA) is 104 Å². The Morgan fingerprint density at radius 2 is 0.500 bits per heavy atom. The van der Waals surface area contributed by atoms with Crippen molar-refractivity contribution in [1.82, 2.24) is 0 Å². The van der Waals surface area contributed by atoms with Crippen LogP contribution in [0.4, 0.5) is 0 Å². The van der Waals surface area contributed by atoms with Crippen LogP contribution in [-0.4, -0.2) is 22.2 Å². The van der Waals surface area contributed by atoms with Crippen LogP contribution >= 0.6 is 0 Å². The van der Waals surface area contributed by atoms with Crippen LogP contribution in [0, 0.1) is 14.9 Å². The van der Waals surface area contributed by atoms with E-state index in [-0.39, 0.29) is 94.8 Å². The van der Waals surface area contributed by atoms with E-state index >= 15 is 0 Å². The first kappa shape index (κ1) is 49.5. The second-order valence-corrected chi connectivity index (χ2v) is 6.89. The Balaban J connectivity index is -0.0000000233. The molecule has 0 rings (SSSR count). The molecule has 0 aliphatic carbocycles. The van der Waals surface area contributed by atoms with Gasteiger partial charge in [0, 0.05) is 38.6 Å². The van der Waals surface area contributed by atoms with Crippen molar-refractivity contribution in [1.29, 1.82) is 0 Å². The largest absolute Gasteiger partial charge is 2.00 e. The zero-order chi connectivity index (χ0) is 14.0. The third-order valence-electron chi connectivity index (χ3n) is 3.32. The van der Waals surface area contributed by atoms with E-state index in [0.29, 0.717) is 0 Å². The molecular formula is C14H38Cl2N4Ni2-2. The Morgan fingerprint density at radius 1 is 0.455 bits per heavy atom. The Kier molecular flexibility index (Phi) is 35.8. The minimum absolute atomic E-state index is 0. The molecule has 0 radical (unpaired) electrons. The van der Waals surface area contributed by atoms with Crippen LogP contribution in [-0.2, 0) is 33.0 Å². The summed E-state index contributed by atoms with van der Waals surface area (Å²) in [7, 11) is 0. The second-order valence-electron chi connectivity index (χ2n) is 6.89. The van der Waals surface area contributed by atoms with Crippen molar-refractivity contribution in [3.63, 3.8) is 0 Å². The molecule has 0 saturated heterocycles. The van der Waals surface area contributed by atoms with Crippen LogP contribution in [0.25, 0.3) is 0 Å². The van der Waals surface area contributed by atoms with Gasteiger partial charge in [0.15, 0.2) is 0 Å². The standard InChI is InChI=1S/2C6H16N2.2CH3.2ClH.2Ni/c2*1-5(2,7)6(3,4)8;;;;;;/h2*7-8H2,1-4H3;2*1H3;2*1H;;/q;;2*-1;;;;+2/p-2. The third kappa shape index (κ3) is 23.7. The van der Waals surface area contributed by atoms with E-state index in [0.717, 1.165) is 0 Å². The fraction of sp³-hybridized carbons (Fsp3) is 0.857. The molecule has 0 aliphatic heterocycles. The van der Waals surface area contributed by atoms with Gasteiger partial charge in [-0.3, -0.25) is 0 Å². The Labute approximate surface area is 172 Å². The maximum atomic E-state index is 5.69. The van der Waals surface area contributed by atoms with Crippen molar-refractivity contribution in [2.75, 3.05) is 0 Å². The van der Waals surface area contributed by atoms with E-state index in [1.54, 1.807) is 0 Å². The molecule has 0 atom stereocenters. The van der Waals surface area contributed by atoms with Crippen molar-refractivity contribution < 1.29 is 57.8 Å². The van der Waals surface area contributed by atoms with Crippen molar-refractivity contribution in [2.24, 2.45) is 22.9 Å². The monoisotopic (exact) mass is 448 g/mol. The summed E-state index contributed by atoms with van der Waals surface area (Å²) in [5, 5.41) is 0. The number of rotatable bonds is 2. The molecule has 0 bridgehead atoms. The van der Waals surface area contributed by atoms with Crippen LogP contribution in [0.15, 0.2) is 0 Å². The summed E-state index contributed by atoms with van der Waals surface area (Å²) >= 11 is 0. The van der Waals surface area contributed by atoms with Gasteiger partial charge in [0.05, 0.1) is 0 Å². The molecule has 150 valence electrons. The predicted molar refractivity (Wildman–Crippen MR) is 85.9 cm³/mol. The van der Waals surface area contributed by atoms with Crippen LogP contribution in [0.3, 0.4) is 0 Å². The smallest absolute Gasteiger partial charge is 1.00 e. The van der Waals surface area contributed by atoms with Crippen molar-refractivity contribution in [3.8, 4) is 0 Å².